The molecule has 0 spiro atoms. The van der Waals surface area contributed by atoms with Gasteiger partial charge in [0.05, 0.1) is 0 Å². The summed E-state index contributed by atoms with van der Waals surface area (Å²) in [4.78, 5) is 10.3. The molecule has 0 aliphatic carbocycles. The average molecular weight is 230 g/mol. The fraction of sp³-hybridized carbons (Fsp3) is 0.111. The predicted molar refractivity (Wildman–Crippen MR) is 59.1 cm³/mol. The summed E-state index contributed by atoms with van der Waals surface area (Å²) in [5.74, 6) is -0.263. The van der Waals surface area contributed by atoms with Gasteiger partial charge in [0, 0.05) is 12.1 Å². The molecule has 1 aromatic carbocycles. The quantitative estimate of drug-likeness (QED) is 0.520. The summed E-state index contributed by atoms with van der Waals surface area (Å²) in [5, 5.41) is 7.33. The topological polar surface area (TPSA) is 102 Å². The van der Waals surface area contributed by atoms with Crippen LogP contribution in [0.5, 0.6) is 0 Å². The first kappa shape index (κ1) is 13.4. The average Bonchev–Trinajstić information content (AvgIpc) is 2.17. The smallest absolute Gasteiger partial charge is 0.391 e. The van der Waals surface area contributed by atoms with Crippen molar-refractivity contribution in [3.63, 3.8) is 0 Å². The van der Waals surface area contributed by atoms with Gasteiger partial charge in [-0.05, 0) is 17.7 Å². The van der Waals surface area contributed by atoms with Crippen molar-refractivity contribution in [3.05, 3.63) is 35.4 Å². The van der Waals surface area contributed by atoms with Crippen molar-refractivity contribution in [3.8, 4) is 0 Å². The Bertz CT molecular complexity index is 351. The molecule has 0 unspecified atom stereocenters. The maximum absolute atomic E-state index is 10.3. The van der Waals surface area contributed by atoms with E-state index in [2.05, 4.69) is 4.74 Å². The van der Waals surface area contributed by atoms with E-state index < -0.39 is 6.09 Å². The van der Waals surface area contributed by atoms with E-state index >= 15 is 0 Å². The summed E-state index contributed by atoms with van der Waals surface area (Å²) in [6, 6.07) is 6.81. The minimum Gasteiger partial charge on any atom is -0.391 e. The number of carbonyl (C=O) groups is 1. The molecular formula is C9H12ClN3O2. The minimum absolute atomic E-state index is 0. The number of rotatable bonds is 2. The first-order valence-electron chi connectivity index (χ1n) is 3.98. The van der Waals surface area contributed by atoms with Gasteiger partial charge in [-0.25, -0.2) is 4.79 Å². The van der Waals surface area contributed by atoms with Gasteiger partial charge in [-0.2, -0.15) is 0 Å². The summed E-state index contributed by atoms with van der Waals surface area (Å²) in [7, 11) is 0. The van der Waals surface area contributed by atoms with Crippen LogP contribution in [0.3, 0.4) is 0 Å². The summed E-state index contributed by atoms with van der Waals surface area (Å²) in [6.45, 7) is 0.435. The molecule has 0 heterocycles. The highest BCUT2D eigenvalue weighted by atomic mass is 35.5. The second kappa shape index (κ2) is 6.00. The zero-order chi connectivity index (χ0) is 10.6. The number of hydrogen-bond donors (Lipinski definition) is 3. The van der Waals surface area contributed by atoms with E-state index in [9.17, 15) is 4.79 Å². The molecule has 1 rings (SSSR count). The zero-order valence-electron chi connectivity index (χ0n) is 7.90. The standard InChI is InChI=1S/C9H11N3O2.ClH/c10-5-6-1-3-7(4-2-6)8(11)14-9(12)13;/h1-4,11H,5,10H2,(H2,12,13);1H. The molecule has 0 saturated heterocycles. The van der Waals surface area contributed by atoms with E-state index in [1.54, 1.807) is 24.3 Å². The van der Waals surface area contributed by atoms with Gasteiger partial charge in [0.15, 0.2) is 0 Å². The SMILES string of the molecule is Cl.N=C(OC(N)=O)c1ccc(CN)cc1. The fourth-order valence-corrected chi connectivity index (χ4v) is 0.952. The van der Waals surface area contributed by atoms with Crippen LogP contribution in [0.1, 0.15) is 11.1 Å². The third-order valence-electron chi connectivity index (χ3n) is 1.65. The summed E-state index contributed by atoms with van der Waals surface area (Å²) < 4.78 is 4.40. The molecule has 5 N–H and O–H groups in total. The molecule has 5 nitrogen and oxygen atoms in total. The molecule has 82 valence electrons. The lowest BCUT2D eigenvalue weighted by Crippen LogP contribution is -2.18. The van der Waals surface area contributed by atoms with Gasteiger partial charge in [-0.3, -0.25) is 5.41 Å². The van der Waals surface area contributed by atoms with Crippen LogP contribution in [0, 0.1) is 5.41 Å². The molecule has 15 heavy (non-hydrogen) atoms. The Labute approximate surface area is 93.3 Å². The number of benzene rings is 1. The monoisotopic (exact) mass is 229 g/mol. The highest BCUT2D eigenvalue weighted by molar-refractivity contribution is 5.97. The maximum Gasteiger partial charge on any atom is 0.411 e. The lowest BCUT2D eigenvalue weighted by molar-refractivity contribution is 0.208. The fourth-order valence-electron chi connectivity index (χ4n) is 0.952. The first-order valence-corrected chi connectivity index (χ1v) is 3.98. The van der Waals surface area contributed by atoms with Crippen molar-refractivity contribution < 1.29 is 9.53 Å². The number of hydrogen-bond acceptors (Lipinski definition) is 4. The van der Waals surface area contributed by atoms with Crippen LogP contribution < -0.4 is 11.5 Å². The highest BCUT2D eigenvalue weighted by Crippen LogP contribution is 2.05. The van der Waals surface area contributed by atoms with Crippen LogP contribution in [-0.2, 0) is 11.3 Å². The van der Waals surface area contributed by atoms with Crippen molar-refractivity contribution in [1.29, 1.82) is 5.41 Å². The third-order valence-corrected chi connectivity index (χ3v) is 1.65. The van der Waals surface area contributed by atoms with Gasteiger partial charge in [-0.15, -0.1) is 12.4 Å². The molecular weight excluding hydrogens is 218 g/mol. The predicted octanol–water partition coefficient (Wildman–Crippen LogP) is 0.988. The normalized spacial score (nSPS) is 8.87. The molecule has 0 saturated carbocycles. The van der Waals surface area contributed by atoms with Crippen LogP contribution in [0.15, 0.2) is 24.3 Å². The number of ether oxygens (including phenoxy) is 1. The number of carbonyl (C=O) groups excluding carboxylic acids is 1. The minimum atomic E-state index is -0.988. The Morgan fingerprint density at radius 3 is 2.27 bits per heavy atom. The molecule has 0 aliphatic rings. The van der Waals surface area contributed by atoms with Crippen LogP contribution in [-0.4, -0.2) is 12.0 Å². The zero-order valence-corrected chi connectivity index (χ0v) is 8.71. The second-order valence-electron chi connectivity index (χ2n) is 2.65. The number of primary amides is 1. The van der Waals surface area contributed by atoms with Gasteiger partial charge >= 0.3 is 6.09 Å². The van der Waals surface area contributed by atoms with E-state index in [1.807, 2.05) is 0 Å². The molecule has 1 aromatic rings. The lowest BCUT2D eigenvalue weighted by atomic mass is 10.1. The Morgan fingerprint density at radius 1 is 1.33 bits per heavy atom. The van der Waals surface area contributed by atoms with Crippen LogP contribution in [0.2, 0.25) is 0 Å². The molecule has 0 radical (unpaired) electrons. The second-order valence-corrected chi connectivity index (χ2v) is 2.65. The summed E-state index contributed by atoms with van der Waals surface area (Å²) in [6.07, 6.45) is -0.988. The van der Waals surface area contributed by atoms with Crippen LogP contribution >= 0.6 is 12.4 Å². The van der Waals surface area contributed by atoms with Gasteiger partial charge in [-0.1, -0.05) is 12.1 Å². The third kappa shape index (κ3) is 3.97. The Balaban J connectivity index is 0.00000196. The van der Waals surface area contributed by atoms with Gasteiger partial charge in [0.1, 0.15) is 0 Å². The summed E-state index contributed by atoms with van der Waals surface area (Å²) in [5.41, 5.74) is 11.6. The van der Waals surface area contributed by atoms with Crippen molar-refractivity contribution >= 4 is 24.4 Å². The van der Waals surface area contributed by atoms with Crippen molar-refractivity contribution in [1.82, 2.24) is 0 Å². The van der Waals surface area contributed by atoms with E-state index in [1.165, 1.54) is 0 Å². The van der Waals surface area contributed by atoms with E-state index in [4.69, 9.17) is 16.9 Å². The maximum atomic E-state index is 10.3. The highest BCUT2D eigenvalue weighted by Gasteiger charge is 2.05. The van der Waals surface area contributed by atoms with Gasteiger partial charge in [0.25, 0.3) is 0 Å². The molecule has 0 fully saturated rings. The number of amides is 1. The number of nitrogens with one attached hydrogen (secondary N) is 1. The molecule has 0 atom stereocenters. The molecule has 6 heteroatoms. The Hall–Kier alpha value is -1.59. The van der Waals surface area contributed by atoms with E-state index in [-0.39, 0.29) is 18.3 Å². The Morgan fingerprint density at radius 2 is 1.87 bits per heavy atom. The Kier molecular flexibility index (Phi) is 5.36. The number of halogens is 1. The molecule has 0 bridgehead atoms. The molecule has 0 aliphatic heterocycles. The van der Waals surface area contributed by atoms with Gasteiger partial charge < -0.3 is 16.2 Å². The van der Waals surface area contributed by atoms with Gasteiger partial charge in [0.2, 0.25) is 5.90 Å². The lowest BCUT2D eigenvalue weighted by Gasteiger charge is -2.03. The van der Waals surface area contributed by atoms with E-state index in [0.717, 1.165) is 5.56 Å². The molecule has 1 amide bonds. The van der Waals surface area contributed by atoms with Crippen molar-refractivity contribution in [2.45, 2.75) is 6.54 Å². The van der Waals surface area contributed by atoms with Crippen molar-refractivity contribution in [2.75, 3.05) is 0 Å². The van der Waals surface area contributed by atoms with Crippen LogP contribution in [0.4, 0.5) is 4.79 Å². The molecule has 0 aromatic heterocycles. The largest absolute Gasteiger partial charge is 0.411 e. The van der Waals surface area contributed by atoms with E-state index in [0.29, 0.717) is 12.1 Å². The van der Waals surface area contributed by atoms with Crippen molar-refractivity contribution in [2.24, 2.45) is 11.5 Å². The first-order chi connectivity index (χ1) is 6.63. The number of nitrogens with two attached hydrogens (primary N) is 2. The summed E-state index contributed by atoms with van der Waals surface area (Å²) >= 11 is 0. The van der Waals surface area contributed by atoms with Crippen LogP contribution in [0.25, 0.3) is 0 Å².